The minimum atomic E-state index is -0.386. The van der Waals surface area contributed by atoms with E-state index in [0.717, 1.165) is 0 Å². The minimum absolute atomic E-state index is 0.0985. The van der Waals surface area contributed by atoms with E-state index in [1.54, 1.807) is 6.92 Å². The monoisotopic (exact) mass is 247 g/mol. The van der Waals surface area contributed by atoms with Crippen LogP contribution in [-0.2, 0) is 0 Å². The zero-order chi connectivity index (χ0) is 11.4. The van der Waals surface area contributed by atoms with E-state index in [-0.39, 0.29) is 23.3 Å². The number of phenols is 1. The third-order valence-corrected chi connectivity index (χ3v) is 2.51. The van der Waals surface area contributed by atoms with Crippen LogP contribution >= 0.6 is 23.2 Å². The Bertz CT molecular complexity index is 368. The molecule has 1 atom stereocenters. The molecule has 1 unspecified atom stereocenters. The van der Waals surface area contributed by atoms with Crippen LogP contribution in [0.3, 0.4) is 0 Å². The topological polar surface area (TPSA) is 49.3 Å². The van der Waals surface area contributed by atoms with Gasteiger partial charge in [0.1, 0.15) is 5.75 Å². The highest BCUT2D eigenvalue weighted by atomic mass is 35.5. The van der Waals surface area contributed by atoms with Gasteiger partial charge in [-0.2, -0.15) is 0 Å². The van der Waals surface area contributed by atoms with Crippen molar-refractivity contribution in [3.8, 4) is 5.75 Å². The van der Waals surface area contributed by atoms with Crippen molar-refractivity contribution in [2.75, 3.05) is 5.88 Å². The predicted molar refractivity (Wildman–Crippen MR) is 60.8 cm³/mol. The smallest absolute Gasteiger partial charge is 0.255 e. The van der Waals surface area contributed by atoms with Gasteiger partial charge in [-0.05, 0) is 25.1 Å². The second-order valence-corrected chi connectivity index (χ2v) is 3.94. The summed E-state index contributed by atoms with van der Waals surface area (Å²) < 4.78 is 0. The van der Waals surface area contributed by atoms with E-state index < -0.39 is 0 Å². The molecule has 0 saturated carbocycles. The van der Waals surface area contributed by atoms with Crippen LogP contribution in [0.25, 0.3) is 0 Å². The molecule has 0 aliphatic carbocycles. The highest BCUT2D eigenvalue weighted by Gasteiger charge is 2.13. The fourth-order valence-electron chi connectivity index (χ4n) is 1.03. The molecule has 15 heavy (non-hydrogen) atoms. The Morgan fingerprint density at radius 2 is 2.27 bits per heavy atom. The van der Waals surface area contributed by atoms with Crippen LogP contribution in [0.4, 0.5) is 0 Å². The molecule has 5 heteroatoms. The van der Waals surface area contributed by atoms with Crippen LogP contribution in [0.2, 0.25) is 5.02 Å². The molecule has 0 fully saturated rings. The Hall–Kier alpha value is -0.930. The van der Waals surface area contributed by atoms with E-state index in [4.69, 9.17) is 23.2 Å². The summed E-state index contributed by atoms with van der Waals surface area (Å²) in [7, 11) is 0. The molecule has 1 rings (SSSR count). The number of nitrogens with one attached hydrogen (secondary N) is 1. The van der Waals surface area contributed by atoms with Crippen molar-refractivity contribution in [3.63, 3.8) is 0 Å². The SMILES string of the molecule is CC(CCl)NC(=O)c1cc(Cl)ccc1O. The van der Waals surface area contributed by atoms with Crippen LogP contribution in [0.15, 0.2) is 18.2 Å². The lowest BCUT2D eigenvalue weighted by molar-refractivity contribution is 0.0941. The molecule has 0 saturated heterocycles. The summed E-state index contributed by atoms with van der Waals surface area (Å²) in [6, 6.07) is 4.14. The number of alkyl halides is 1. The van der Waals surface area contributed by atoms with E-state index in [2.05, 4.69) is 5.32 Å². The van der Waals surface area contributed by atoms with Crippen LogP contribution in [0.1, 0.15) is 17.3 Å². The van der Waals surface area contributed by atoms with Crippen molar-refractivity contribution >= 4 is 29.1 Å². The molecule has 0 aliphatic rings. The van der Waals surface area contributed by atoms with Crippen LogP contribution in [-0.4, -0.2) is 22.9 Å². The minimum Gasteiger partial charge on any atom is -0.507 e. The Labute approximate surface area is 98.0 Å². The van der Waals surface area contributed by atoms with E-state index >= 15 is 0 Å². The molecule has 0 radical (unpaired) electrons. The standard InChI is InChI=1S/C10H11Cl2NO2/c1-6(5-11)13-10(15)8-4-7(12)2-3-9(8)14/h2-4,6,14H,5H2,1H3,(H,13,15). The fourth-order valence-corrected chi connectivity index (χ4v) is 1.28. The highest BCUT2D eigenvalue weighted by molar-refractivity contribution is 6.31. The predicted octanol–water partition coefficient (Wildman–Crippen LogP) is 2.40. The zero-order valence-electron chi connectivity index (χ0n) is 8.13. The van der Waals surface area contributed by atoms with Gasteiger partial charge in [0.15, 0.2) is 0 Å². The molecule has 82 valence electrons. The Morgan fingerprint density at radius 1 is 1.60 bits per heavy atom. The molecule has 3 nitrogen and oxygen atoms in total. The molecule has 0 spiro atoms. The Balaban J connectivity index is 2.86. The van der Waals surface area contributed by atoms with Gasteiger partial charge in [-0.3, -0.25) is 4.79 Å². The molecule has 2 N–H and O–H groups in total. The first kappa shape index (κ1) is 12.1. The average Bonchev–Trinajstić information content (AvgIpc) is 2.21. The molecular weight excluding hydrogens is 237 g/mol. The summed E-state index contributed by atoms with van der Waals surface area (Å²) in [6.07, 6.45) is 0. The number of aromatic hydroxyl groups is 1. The van der Waals surface area contributed by atoms with Crippen molar-refractivity contribution < 1.29 is 9.90 Å². The summed E-state index contributed by atoms with van der Waals surface area (Å²) in [5.41, 5.74) is 0.152. The number of carbonyl (C=O) groups is 1. The van der Waals surface area contributed by atoms with E-state index in [9.17, 15) is 9.90 Å². The van der Waals surface area contributed by atoms with Gasteiger partial charge in [-0.25, -0.2) is 0 Å². The van der Waals surface area contributed by atoms with Crippen molar-refractivity contribution in [2.45, 2.75) is 13.0 Å². The van der Waals surface area contributed by atoms with E-state index in [1.807, 2.05) is 0 Å². The summed E-state index contributed by atoms with van der Waals surface area (Å²) in [4.78, 5) is 11.6. The number of phenolic OH excluding ortho intramolecular Hbond substituents is 1. The summed E-state index contributed by atoms with van der Waals surface area (Å²) in [5, 5.41) is 12.5. The third-order valence-electron chi connectivity index (χ3n) is 1.81. The maximum Gasteiger partial charge on any atom is 0.255 e. The number of hydrogen-bond acceptors (Lipinski definition) is 2. The number of benzene rings is 1. The number of hydrogen-bond donors (Lipinski definition) is 2. The second kappa shape index (κ2) is 5.24. The second-order valence-electron chi connectivity index (χ2n) is 3.19. The lowest BCUT2D eigenvalue weighted by atomic mass is 10.2. The van der Waals surface area contributed by atoms with Gasteiger partial charge in [0.2, 0.25) is 0 Å². The van der Waals surface area contributed by atoms with Crippen LogP contribution in [0.5, 0.6) is 5.75 Å². The Morgan fingerprint density at radius 3 is 2.87 bits per heavy atom. The molecule has 0 aromatic heterocycles. The van der Waals surface area contributed by atoms with Gasteiger partial charge >= 0.3 is 0 Å². The van der Waals surface area contributed by atoms with Crippen LogP contribution < -0.4 is 5.32 Å². The first-order chi connectivity index (χ1) is 7.04. The first-order valence-electron chi connectivity index (χ1n) is 4.40. The molecule has 1 amide bonds. The van der Waals surface area contributed by atoms with Gasteiger partial charge in [-0.15, -0.1) is 11.6 Å². The molecule has 1 aromatic rings. The van der Waals surface area contributed by atoms with Gasteiger partial charge < -0.3 is 10.4 Å². The van der Waals surface area contributed by atoms with Gasteiger partial charge in [0.25, 0.3) is 5.91 Å². The quantitative estimate of drug-likeness (QED) is 0.807. The van der Waals surface area contributed by atoms with E-state index in [0.29, 0.717) is 10.9 Å². The maximum absolute atomic E-state index is 11.6. The van der Waals surface area contributed by atoms with Gasteiger partial charge in [0, 0.05) is 16.9 Å². The normalized spacial score (nSPS) is 12.2. The average molecular weight is 248 g/mol. The van der Waals surface area contributed by atoms with Crippen molar-refractivity contribution in [1.29, 1.82) is 0 Å². The lowest BCUT2D eigenvalue weighted by Crippen LogP contribution is -2.33. The van der Waals surface area contributed by atoms with Crippen molar-refractivity contribution in [1.82, 2.24) is 5.32 Å². The van der Waals surface area contributed by atoms with Gasteiger partial charge in [-0.1, -0.05) is 11.6 Å². The van der Waals surface area contributed by atoms with Crippen molar-refractivity contribution in [3.05, 3.63) is 28.8 Å². The largest absolute Gasteiger partial charge is 0.507 e. The molecule has 0 bridgehead atoms. The first-order valence-corrected chi connectivity index (χ1v) is 5.31. The lowest BCUT2D eigenvalue weighted by Gasteiger charge is -2.11. The number of halogens is 2. The molecular formula is C10H11Cl2NO2. The maximum atomic E-state index is 11.6. The summed E-state index contributed by atoms with van der Waals surface area (Å²) in [6.45, 7) is 1.77. The zero-order valence-corrected chi connectivity index (χ0v) is 9.64. The van der Waals surface area contributed by atoms with Gasteiger partial charge in [0.05, 0.1) is 5.56 Å². The number of amides is 1. The third kappa shape index (κ3) is 3.29. The summed E-state index contributed by atoms with van der Waals surface area (Å²) in [5.74, 6) is -0.172. The molecule has 1 aromatic carbocycles. The van der Waals surface area contributed by atoms with Crippen molar-refractivity contribution in [2.24, 2.45) is 0 Å². The number of rotatable bonds is 3. The van der Waals surface area contributed by atoms with E-state index in [1.165, 1.54) is 18.2 Å². The van der Waals surface area contributed by atoms with Crippen LogP contribution in [0, 0.1) is 0 Å². The summed E-state index contributed by atoms with van der Waals surface area (Å²) >= 11 is 11.3. The number of carbonyl (C=O) groups excluding carboxylic acids is 1. The highest BCUT2D eigenvalue weighted by Crippen LogP contribution is 2.21. The molecule has 0 aliphatic heterocycles. The molecule has 0 heterocycles. The Kier molecular flexibility index (Phi) is 4.24. The fraction of sp³-hybridized carbons (Fsp3) is 0.300.